The molecule has 16 heavy (non-hydrogen) atoms. The second-order valence-corrected chi connectivity index (χ2v) is 4.95. The monoisotopic (exact) mass is 219 g/mol. The van der Waals surface area contributed by atoms with E-state index in [2.05, 4.69) is 19.1 Å². The van der Waals surface area contributed by atoms with Gasteiger partial charge in [-0.25, -0.2) is 0 Å². The number of rotatable bonds is 5. The van der Waals surface area contributed by atoms with Crippen LogP contribution in [0, 0.1) is 5.92 Å². The van der Waals surface area contributed by atoms with Crippen molar-refractivity contribution in [3.63, 3.8) is 0 Å². The van der Waals surface area contributed by atoms with Crippen LogP contribution in [0.3, 0.4) is 0 Å². The quantitative estimate of drug-likeness (QED) is 0.826. The maximum atomic E-state index is 6.35. The van der Waals surface area contributed by atoms with Gasteiger partial charge < -0.3 is 10.5 Å². The van der Waals surface area contributed by atoms with E-state index in [0.717, 1.165) is 18.1 Å². The number of hydrogen-bond donors (Lipinski definition) is 1. The highest BCUT2D eigenvalue weighted by Crippen LogP contribution is 2.46. The molecule has 1 aliphatic rings. The molecule has 1 aromatic carbocycles. The van der Waals surface area contributed by atoms with Crippen molar-refractivity contribution in [3.8, 4) is 5.75 Å². The molecular weight excluding hydrogens is 198 g/mol. The molecule has 1 aromatic rings. The lowest BCUT2D eigenvalue weighted by Gasteiger charge is -2.11. The van der Waals surface area contributed by atoms with Crippen molar-refractivity contribution in [3.05, 3.63) is 29.8 Å². The highest BCUT2D eigenvalue weighted by Gasteiger charge is 2.49. The van der Waals surface area contributed by atoms with Crippen LogP contribution in [-0.4, -0.2) is 12.6 Å². The topological polar surface area (TPSA) is 35.2 Å². The molecule has 0 saturated heterocycles. The Morgan fingerprint density at radius 1 is 1.38 bits per heavy atom. The van der Waals surface area contributed by atoms with E-state index in [1.165, 1.54) is 24.8 Å². The lowest BCUT2D eigenvalue weighted by Crippen LogP contribution is -2.27. The van der Waals surface area contributed by atoms with Gasteiger partial charge in [-0.1, -0.05) is 25.5 Å². The van der Waals surface area contributed by atoms with Crippen molar-refractivity contribution in [1.82, 2.24) is 0 Å². The molecule has 2 heteroatoms. The van der Waals surface area contributed by atoms with Gasteiger partial charge in [-0.3, -0.25) is 0 Å². The van der Waals surface area contributed by atoms with E-state index in [4.69, 9.17) is 10.5 Å². The zero-order valence-electron chi connectivity index (χ0n) is 10.2. The van der Waals surface area contributed by atoms with Crippen molar-refractivity contribution >= 4 is 0 Å². The minimum absolute atomic E-state index is 0.0740. The Balaban J connectivity index is 1.94. The predicted molar refractivity (Wildman–Crippen MR) is 66.6 cm³/mol. The number of benzene rings is 1. The zero-order valence-corrected chi connectivity index (χ0v) is 10.2. The summed E-state index contributed by atoms with van der Waals surface area (Å²) in [5.74, 6) is 1.65. The first-order valence-electron chi connectivity index (χ1n) is 6.10. The molecule has 2 N–H and O–H groups in total. The van der Waals surface area contributed by atoms with Crippen molar-refractivity contribution in [2.24, 2.45) is 11.7 Å². The Morgan fingerprint density at radius 3 is 2.62 bits per heavy atom. The van der Waals surface area contributed by atoms with Crippen LogP contribution < -0.4 is 10.5 Å². The zero-order chi connectivity index (χ0) is 11.6. The molecule has 2 unspecified atom stereocenters. The summed E-state index contributed by atoms with van der Waals surface area (Å²) < 4.78 is 5.14. The van der Waals surface area contributed by atoms with E-state index < -0.39 is 0 Å². The van der Waals surface area contributed by atoms with E-state index in [1.807, 2.05) is 12.1 Å². The average Bonchev–Trinajstić information content (AvgIpc) is 2.90. The second kappa shape index (κ2) is 4.46. The Kier molecular flexibility index (Phi) is 3.20. The van der Waals surface area contributed by atoms with Gasteiger partial charge >= 0.3 is 0 Å². The summed E-state index contributed by atoms with van der Waals surface area (Å²) in [6, 6.07) is 8.26. The van der Waals surface area contributed by atoms with Gasteiger partial charge in [0.2, 0.25) is 0 Å². The first-order valence-corrected chi connectivity index (χ1v) is 6.10. The number of ether oxygens (including phenoxy) is 1. The summed E-state index contributed by atoms with van der Waals surface area (Å²) in [6.07, 6.45) is 4.70. The van der Waals surface area contributed by atoms with Crippen LogP contribution in [0.25, 0.3) is 0 Å². The molecule has 2 rings (SSSR count). The highest BCUT2D eigenvalue weighted by molar-refractivity contribution is 5.30. The van der Waals surface area contributed by atoms with Gasteiger partial charge in [0.25, 0.3) is 0 Å². The molecule has 88 valence electrons. The van der Waals surface area contributed by atoms with Crippen LogP contribution >= 0.6 is 0 Å². The first-order chi connectivity index (χ1) is 7.68. The Bertz CT molecular complexity index is 346. The van der Waals surface area contributed by atoms with Gasteiger partial charge in [-0.15, -0.1) is 0 Å². The molecule has 0 heterocycles. The van der Waals surface area contributed by atoms with Gasteiger partial charge in [0.1, 0.15) is 5.75 Å². The summed E-state index contributed by atoms with van der Waals surface area (Å²) in [7, 11) is 1.69. The van der Waals surface area contributed by atoms with Crippen molar-refractivity contribution in [2.45, 2.75) is 38.1 Å². The summed E-state index contributed by atoms with van der Waals surface area (Å²) in [5, 5.41) is 0. The minimum atomic E-state index is 0.0740. The van der Waals surface area contributed by atoms with Crippen LogP contribution in [0.1, 0.15) is 31.7 Å². The highest BCUT2D eigenvalue weighted by atomic mass is 16.5. The lowest BCUT2D eigenvalue weighted by molar-refractivity contribution is 0.414. The van der Waals surface area contributed by atoms with Gasteiger partial charge in [0.05, 0.1) is 7.11 Å². The fourth-order valence-corrected chi connectivity index (χ4v) is 2.48. The average molecular weight is 219 g/mol. The maximum absolute atomic E-state index is 6.35. The molecular formula is C14H21NO. The molecule has 0 bridgehead atoms. The molecule has 1 saturated carbocycles. The lowest BCUT2D eigenvalue weighted by atomic mass is 10.0. The predicted octanol–water partition coefficient (Wildman–Crippen LogP) is 2.76. The molecule has 0 aromatic heterocycles. The molecule has 2 nitrogen and oxygen atoms in total. The molecule has 0 spiro atoms. The number of hydrogen-bond acceptors (Lipinski definition) is 2. The molecule has 0 aliphatic heterocycles. The SMILES string of the molecule is CCCC1CC1(N)Cc1ccc(OC)cc1. The van der Waals surface area contributed by atoms with E-state index >= 15 is 0 Å². The van der Waals surface area contributed by atoms with Crippen molar-refractivity contribution in [2.75, 3.05) is 7.11 Å². The van der Waals surface area contributed by atoms with Crippen LogP contribution in [0.4, 0.5) is 0 Å². The van der Waals surface area contributed by atoms with E-state index in [9.17, 15) is 0 Å². The van der Waals surface area contributed by atoms with Gasteiger partial charge in [-0.2, -0.15) is 0 Å². The minimum Gasteiger partial charge on any atom is -0.497 e. The van der Waals surface area contributed by atoms with Crippen LogP contribution in [-0.2, 0) is 6.42 Å². The van der Waals surface area contributed by atoms with Crippen LogP contribution in [0.15, 0.2) is 24.3 Å². The fourth-order valence-electron chi connectivity index (χ4n) is 2.48. The van der Waals surface area contributed by atoms with Gasteiger partial charge in [-0.05, 0) is 42.9 Å². The third-order valence-corrected chi connectivity index (χ3v) is 3.61. The third-order valence-electron chi connectivity index (χ3n) is 3.61. The number of methoxy groups -OCH3 is 1. The fraction of sp³-hybridized carbons (Fsp3) is 0.571. The van der Waals surface area contributed by atoms with E-state index in [-0.39, 0.29) is 5.54 Å². The van der Waals surface area contributed by atoms with Gasteiger partial charge in [0.15, 0.2) is 0 Å². The third kappa shape index (κ3) is 2.38. The normalized spacial score (nSPS) is 27.8. The molecule has 1 fully saturated rings. The summed E-state index contributed by atoms with van der Waals surface area (Å²) in [4.78, 5) is 0. The van der Waals surface area contributed by atoms with E-state index in [0.29, 0.717) is 0 Å². The maximum Gasteiger partial charge on any atom is 0.118 e. The summed E-state index contributed by atoms with van der Waals surface area (Å²) >= 11 is 0. The van der Waals surface area contributed by atoms with Crippen molar-refractivity contribution in [1.29, 1.82) is 0 Å². The largest absolute Gasteiger partial charge is 0.497 e. The second-order valence-electron chi connectivity index (χ2n) is 4.95. The van der Waals surface area contributed by atoms with E-state index in [1.54, 1.807) is 7.11 Å². The Labute approximate surface area is 97.8 Å². The Hall–Kier alpha value is -1.02. The Morgan fingerprint density at radius 2 is 2.06 bits per heavy atom. The molecule has 1 aliphatic carbocycles. The standard InChI is InChI=1S/C14H21NO/c1-3-4-12-10-14(12,15)9-11-5-7-13(16-2)8-6-11/h5-8,12H,3-4,9-10,15H2,1-2H3. The molecule has 0 radical (unpaired) electrons. The summed E-state index contributed by atoms with van der Waals surface area (Å²) in [6.45, 7) is 2.23. The smallest absolute Gasteiger partial charge is 0.118 e. The van der Waals surface area contributed by atoms with Crippen molar-refractivity contribution < 1.29 is 4.74 Å². The number of nitrogens with two attached hydrogens (primary N) is 1. The molecule has 0 amide bonds. The van der Waals surface area contributed by atoms with Gasteiger partial charge in [0, 0.05) is 5.54 Å². The molecule has 2 atom stereocenters. The van der Waals surface area contributed by atoms with Crippen LogP contribution in [0.2, 0.25) is 0 Å². The summed E-state index contributed by atoms with van der Waals surface area (Å²) in [5.41, 5.74) is 7.74. The van der Waals surface area contributed by atoms with Crippen LogP contribution in [0.5, 0.6) is 5.75 Å². The first kappa shape index (κ1) is 11.5.